The largest absolute Gasteiger partial charge is 0.369 e. The smallest absolute Gasteiger partial charge is 0.240 e. The first-order valence-corrected chi connectivity index (χ1v) is 11.5. The maximum absolute atomic E-state index is 13.5. The predicted molar refractivity (Wildman–Crippen MR) is 124 cm³/mol. The summed E-state index contributed by atoms with van der Waals surface area (Å²) in [5.74, 6) is -0.0561. The fourth-order valence-electron chi connectivity index (χ4n) is 3.23. The predicted octanol–water partition coefficient (Wildman–Crippen LogP) is 2.68. The van der Waals surface area contributed by atoms with E-state index in [0.29, 0.717) is 33.2 Å². The fourth-order valence-corrected chi connectivity index (χ4v) is 4.75. The maximum Gasteiger partial charge on any atom is 0.240 e. The number of fused-ring (bicyclic) bond motifs is 1. The maximum atomic E-state index is 13.5. The summed E-state index contributed by atoms with van der Waals surface area (Å²) in [6.45, 7) is 1.90. The van der Waals surface area contributed by atoms with Gasteiger partial charge in [-0.1, -0.05) is 35.9 Å². The number of nitrogens with one attached hydrogen (secondary N) is 2. The molecule has 0 amide bonds. The van der Waals surface area contributed by atoms with Crippen LogP contribution in [-0.2, 0) is 10.0 Å². The van der Waals surface area contributed by atoms with Crippen LogP contribution in [0.15, 0.2) is 59.6 Å². The zero-order valence-corrected chi connectivity index (χ0v) is 18.6. The molecule has 0 spiro atoms. The Kier molecular flexibility index (Phi) is 6.18. The molecule has 7 nitrogen and oxygen atoms in total. The second-order valence-corrected chi connectivity index (χ2v) is 9.22. The number of rotatable bonds is 7. The number of aryl methyl sites for hydroxylation is 1. The molecule has 0 unspecified atom stereocenters. The van der Waals surface area contributed by atoms with Crippen LogP contribution in [0, 0.1) is 12.7 Å². The van der Waals surface area contributed by atoms with Crippen molar-refractivity contribution < 1.29 is 12.8 Å². The Labute approximate surface area is 191 Å². The van der Waals surface area contributed by atoms with E-state index in [9.17, 15) is 12.8 Å². The van der Waals surface area contributed by atoms with Crippen molar-refractivity contribution in [1.29, 1.82) is 0 Å². The first kappa shape index (κ1) is 22.3. The van der Waals surface area contributed by atoms with Gasteiger partial charge in [0, 0.05) is 35.9 Å². The molecule has 0 bridgehead atoms. The molecule has 2 heterocycles. The van der Waals surface area contributed by atoms with Gasteiger partial charge in [-0.15, -0.1) is 0 Å². The van der Waals surface area contributed by atoms with Gasteiger partial charge in [0.05, 0.1) is 10.6 Å². The van der Waals surface area contributed by atoms with Gasteiger partial charge in [0.15, 0.2) is 5.65 Å². The van der Waals surface area contributed by atoms with E-state index in [1.807, 2.05) is 18.2 Å². The number of hydrogen-bond donors (Lipinski definition) is 2. The molecule has 2 radical (unpaired) electrons. The van der Waals surface area contributed by atoms with Crippen LogP contribution in [0.5, 0.6) is 0 Å². The molecule has 4 aromatic rings. The Hall–Kier alpha value is -2.95. The summed E-state index contributed by atoms with van der Waals surface area (Å²) in [6, 6.07) is 12.7. The van der Waals surface area contributed by atoms with Crippen molar-refractivity contribution in [3.05, 3.63) is 71.1 Å². The van der Waals surface area contributed by atoms with E-state index in [-0.39, 0.29) is 18.0 Å². The molecule has 11 heteroatoms. The Morgan fingerprint density at radius 2 is 1.94 bits per heavy atom. The fraction of sp³-hybridized carbons (Fsp3) is 0.143. The molecule has 0 fully saturated rings. The normalized spacial score (nSPS) is 11.7. The molecule has 162 valence electrons. The van der Waals surface area contributed by atoms with Crippen LogP contribution in [-0.4, -0.2) is 44.0 Å². The van der Waals surface area contributed by atoms with Gasteiger partial charge in [-0.05, 0) is 36.1 Å². The minimum absolute atomic E-state index is 0.0558. The van der Waals surface area contributed by atoms with Crippen molar-refractivity contribution in [3.63, 3.8) is 0 Å². The average Bonchev–Trinajstić information content (AvgIpc) is 3.14. The Balaban J connectivity index is 1.55. The van der Waals surface area contributed by atoms with E-state index in [4.69, 9.17) is 19.4 Å². The van der Waals surface area contributed by atoms with Gasteiger partial charge in [-0.2, -0.15) is 9.61 Å². The van der Waals surface area contributed by atoms with Crippen molar-refractivity contribution in [2.45, 2.75) is 11.8 Å². The van der Waals surface area contributed by atoms with Gasteiger partial charge < -0.3 is 5.32 Å². The van der Waals surface area contributed by atoms with E-state index in [2.05, 4.69) is 20.1 Å². The van der Waals surface area contributed by atoms with Crippen molar-refractivity contribution in [2.75, 3.05) is 18.4 Å². The van der Waals surface area contributed by atoms with Gasteiger partial charge >= 0.3 is 0 Å². The van der Waals surface area contributed by atoms with Crippen molar-refractivity contribution >= 4 is 46.4 Å². The summed E-state index contributed by atoms with van der Waals surface area (Å²) in [5, 5.41) is 7.90. The highest BCUT2D eigenvalue weighted by Gasteiger charge is 2.17. The molecule has 0 aliphatic carbocycles. The molecule has 2 aromatic heterocycles. The van der Waals surface area contributed by atoms with E-state index in [1.54, 1.807) is 19.1 Å². The summed E-state index contributed by atoms with van der Waals surface area (Å²) in [7, 11) is 2.14. The summed E-state index contributed by atoms with van der Waals surface area (Å²) in [4.78, 5) is 4.46. The third-order valence-electron chi connectivity index (χ3n) is 4.81. The van der Waals surface area contributed by atoms with Crippen molar-refractivity contribution in [2.24, 2.45) is 0 Å². The van der Waals surface area contributed by atoms with E-state index in [1.165, 1.54) is 22.8 Å². The van der Waals surface area contributed by atoms with Crippen LogP contribution in [0.1, 0.15) is 5.56 Å². The number of benzene rings is 2. The molecular weight excluding hydrogens is 452 g/mol. The lowest BCUT2D eigenvalue weighted by Crippen LogP contribution is -2.30. The third kappa shape index (κ3) is 4.48. The third-order valence-corrected chi connectivity index (χ3v) is 6.74. The molecular formula is C21H18BClFN5O2S. The van der Waals surface area contributed by atoms with Gasteiger partial charge in [0.25, 0.3) is 0 Å². The van der Waals surface area contributed by atoms with Crippen LogP contribution in [0.3, 0.4) is 0 Å². The van der Waals surface area contributed by atoms with Crippen LogP contribution in [0.25, 0.3) is 16.9 Å². The number of nitrogens with zero attached hydrogens (tertiary/aromatic N) is 3. The lowest BCUT2D eigenvalue weighted by molar-refractivity contribution is 0.578. The first-order valence-electron chi connectivity index (χ1n) is 9.65. The van der Waals surface area contributed by atoms with Crippen molar-refractivity contribution in [1.82, 2.24) is 19.3 Å². The summed E-state index contributed by atoms with van der Waals surface area (Å²) in [5.41, 5.74) is 2.61. The minimum Gasteiger partial charge on any atom is -0.369 e. The van der Waals surface area contributed by atoms with Crippen LogP contribution < -0.4 is 15.5 Å². The van der Waals surface area contributed by atoms with Crippen LogP contribution >= 0.6 is 11.6 Å². The lowest BCUT2D eigenvalue weighted by Gasteiger charge is -2.13. The van der Waals surface area contributed by atoms with Gasteiger partial charge in [-0.3, -0.25) is 0 Å². The summed E-state index contributed by atoms with van der Waals surface area (Å²) < 4.78 is 42.6. The zero-order chi connectivity index (χ0) is 22.9. The number of halogens is 2. The lowest BCUT2D eigenvalue weighted by atomic mass is 10.0. The number of aromatic nitrogens is 3. The van der Waals surface area contributed by atoms with E-state index < -0.39 is 15.8 Å². The highest BCUT2D eigenvalue weighted by molar-refractivity contribution is 7.89. The SMILES string of the molecule is [B]c1cnn2c(NCCNS(=O)(=O)c3cc(F)ccc3C)cc(-c3ccccc3Cl)nc12. The van der Waals surface area contributed by atoms with E-state index >= 15 is 0 Å². The van der Waals surface area contributed by atoms with E-state index in [0.717, 1.165) is 11.6 Å². The van der Waals surface area contributed by atoms with Gasteiger partial charge in [-0.25, -0.2) is 22.5 Å². The van der Waals surface area contributed by atoms with Gasteiger partial charge in [0.2, 0.25) is 10.0 Å². The second kappa shape index (κ2) is 8.89. The Morgan fingerprint density at radius 1 is 1.16 bits per heavy atom. The quantitative estimate of drug-likeness (QED) is 0.321. The second-order valence-electron chi connectivity index (χ2n) is 7.08. The minimum atomic E-state index is -3.87. The number of hydrogen-bond acceptors (Lipinski definition) is 5. The average molecular weight is 470 g/mol. The number of anilines is 1. The molecule has 2 N–H and O–H groups in total. The molecule has 2 aromatic carbocycles. The highest BCUT2D eigenvalue weighted by Crippen LogP contribution is 2.28. The molecule has 0 saturated carbocycles. The van der Waals surface area contributed by atoms with Gasteiger partial charge in [0.1, 0.15) is 19.5 Å². The highest BCUT2D eigenvalue weighted by atomic mass is 35.5. The monoisotopic (exact) mass is 469 g/mol. The molecule has 0 atom stereocenters. The Morgan fingerprint density at radius 3 is 2.72 bits per heavy atom. The molecule has 0 saturated heterocycles. The van der Waals surface area contributed by atoms with Crippen LogP contribution in [0.4, 0.5) is 10.2 Å². The Bertz CT molecular complexity index is 1410. The zero-order valence-electron chi connectivity index (χ0n) is 17.0. The first-order chi connectivity index (χ1) is 15.3. The molecule has 0 aliphatic rings. The molecule has 0 aliphatic heterocycles. The topological polar surface area (TPSA) is 88.4 Å². The summed E-state index contributed by atoms with van der Waals surface area (Å²) >= 11 is 6.32. The van der Waals surface area contributed by atoms with Crippen LogP contribution in [0.2, 0.25) is 5.02 Å². The summed E-state index contributed by atoms with van der Waals surface area (Å²) in [6.07, 6.45) is 1.49. The number of sulfonamides is 1. The molecule has 32 heavy (non-hydrogen) atoms. The standard InChI is InChI=1S/C21H18BClFN5O2S/c1-13-6-7-14(24)10-19(13)32(30,31)27-9-8-25-20-11-18(15-4-2-3-5-17(15)23)28-21-16(22)12-26-29(20)21/h2-7,10-12,25,27H,8-9H2,1H3. The van der Waals surface area contributed by atoms with Crippen molar-refractivity contribution in [3.8, 4) is 11.3 Å². The molecule has 4 rings (SSSR count).